The molecule has 0 aromatic rings. The van der Waals surface area contributed by atoms with Crippen molar-refractivity contribution in [2.24, 2.45) is 5.73 Å². The molecule has 0 bridgehead atoms. The van der Waals surface area contributed by atoms with Crippen LogP contribution >= 0.6 is 11.8 Å². The molecule has 0 heterocycles. The van der Waals surface area contributed by atoms with Crippen molar-refractivity contribution in [2.75, 3.05) is 18.6 Å². The third-order valence-corrected chi connectivity index (χ3v) is 4.79. The molecule has 31 heavy (non-hydrogen) atoms. The Kier molecular flexibility index (Phi) is 13.4. The molecule has 0 saturated carbocycles. The minimum atomic E-state index is -1.54. The Bertz CT molecular complexity index is 647. The lowest BCUT2D eigenvalue weighted by atomic mass is 10.1. The zero-order valence-electron chi connectivity index (χ0n) is 17.2. The quantitative estimate of drug-likeness (QED) is 0.120. The molecular formula is C17H30N4O9S. The number of aliphatic hydroxyl groups is 2. The Morgan fingerprint density at radius 3 is 1.87 bits per heavy atom. The lowest BCUT2D eigenvalue weighted by molar-refractivity contribution is -0.142. The van der Waals surface area contributed by atoms with Crippen LogP contribution < -0.4 is 21.7 Å². The van der Waals surface area contributed by atoms with Crippen molar-refractivity contribution in [3.63, 3.8) is 0 Å². The van der Waals surface area contributed by atoms with E-state index in [2.05, 4.69) is 16.0 Å². The molecule has 5 unspecified atom stereocenters. The number of carboxylic acid groups (broad SMARTS) is 2. The van der Waals surface area contributed by atoms with Crippen LogP contribution in [0.3, 0.4) is 0 Å². The molecule has 0 aliphatic carbocycles. The van der Waals surface area contributed by atoms with Crippen molar-refractivity contribution in [2.45, 2.75) is 56.5 Å². The highest BCUT2D eigenvalue weighted by atomic mass is 32.2. The van der Waals surface area contributed by atoms with E-state index in [4.69, 9.17) is 10.8 Å². The van der Waals surface area contributed by atoms with Gasteiger partial charge >= 0.3 is 11.9 Å². The van der Waals surface area contributed by atoms with E-state index in [0.717, 1.165) is 0 Å². The van der Waals surface area contributed by atoms with E-state index >= 15 is 0 Å². The normalized spacial score (nSPS) is 15.6. The lowest BCUT2D eigenvalue weighted by Gasteiger charge is -2.24. The summed E-state index contributed by atoms with van der Waals surface area (Å²) in [7, 11) is 0. The molecule has 13 nitrogen and oxygen atoms in total. The number of carbonyl (C=O) groups excluding carboxylic acids is 3. The van der Waals surface area contributed by atoms with Crippen LogP contribution in [0.5, 0.6) is 0 Å². The number of carbonyl (C=O) groups is 5. The van der Waals surface area contributed by atoms with Crippen molar-refractivity contribution in [3.05, 3.63) is 0 Å². The predicted molar refractivity (Wildman–Crippen MR) is 110 cm³/mol. The molecule has 5 atom stereocenters. The number of thioether (sulfide) groups is 1. The van der Waals surface area contributed by atoms with Gasteiger partial charge in [-0.05, 0) is 31.8 Å². The summed E-state index contributed by atoms with van der Waals surface area (Å²) in [5, 5.41) is 43.4. The Morgan fingerprint density at radius 1 is 0.903 bits per heavy atom. The zero-order valence-corrected chi connectivity index (χ0v) is 18.1. The molecule has 0 aromatic carbocycles. The number of aliphatic hydroxyl groups excluding tert-OH is 2. The van der Waals surface area contributed by atoms with Crippen molar-refractivity contribution < 1.29 is 44.4 Å². The molecular weight excluding hydrogens is 436 g/mol. The SMILES string of the molecule is CSCCC(NC(=O)C(CO)NC(=O)C(CCC(=O)O)NC(=O)C(N)C(C)O)C(=O)O. The number of aliphatic carboxylic acids is 2. The summed E-state index contributed by atoms with van der Waals surface area (Å²) < 4.78 is 0. The zero-order chi connectivity index (χ0) is 24.1. The van der Waals surface area contributed by atoms with Gasteiger partial charge in [-0.15, -0.1) is 0 Å². The molecule has 3 amide bonds. The third kappa shape index (κ3) is 11.0. The fourth-order valence-electron chi connectivity index (χ4n) is 2.26. The molecule has 0 saturated heterocycles. The van der Waals surface area contributed by atoms with Crippen LogP contribution in [-0.2, 0) is 24.0 Å². The second kappa shape index (κ2) is 14.6. The van der Waals surface area contributed by atoms with Crippen LogP contribution in [0.1, 0.15) is 26.2 Å². The molecule has 0 rings (SSSR count). The van der Waals surface area contributed by atoms with Crippen molar-refractivity contribution in [1.82, 2.24) is 16.0 Å². The molecule has 0 radical (unpaired) electrons. The number of hydrogen-bond acceptors (Lipinski definition) is 9. The summed E-state index contributed by atoms with van der Waals surface area (Å²) in [6, 6.07) is -5.59. The van der Waals surface area contributed by atoms with Crippen LogP contribution in [0, 0.1) is 0 Å². The maximum absolute atomic E-state index is 12.5. The maximum atomic E-state index is 12.5. The van der Waals surface area contributed by atoms with Crippen molar-refractivity contribution in [3.8, 4) is 0 Å². The Labute approximate surface area is 183 Å². The van der Waals surface area contributed by atoms with E-state index in [9.17, 15) is 39.3 Å². The number of nitrogens with one attached hydrogen (secondary N) is 3. The van der Waals surface area contributed by atoms with Gasteiger partial charge in [0.05, 0.1) is 12.7 Å². The van der Waals surface area contributed by atoms with E-state index in [0.29, 0.717) is 5.75 Å². The second-order valence-electron chi connectivity index (χ2n) is 6.68. The van der Waals surface area contributed by atoms with Crippen LogP contribution in [-0.4, -0.2) is 99.0 Å². The van der Waals surface area contributed by atoms with Gasteiger partial charge in [-0.25, -0.2) is 4.79 Å². The van der Waals surface area contributed by atoms with Crippen LogP contribution in [0.15, 0.2) is 0 Å². The van der Waals surface area contributed by atoms with Gasteiger partial charge in [0.1, 0.15) is 24.2 Å². The Morgan fingerprint density at radius 2 is 1.42 bits per heavy atom. The van der Waals surface area contributed by atoms with Gasteiger partial charge in [0, 0.05) is 6.42 Å². The average molecular weight is 467 g/mol. The van der Waals surface area contributed by atoms with E-state index in [1.165, 1.54) is 18.7 Å². The highest BCUT2D eigenvalue weighted by Gasteiger charge is 2.30. The molecule has 0 aromatic heterocycles. The van der Waals surface area contributed by atoms with Gasteiger partial charge in [-0.1, -0.05) is 0 Å². The summed E-state index contributed by atoms with van der Waals surface area (Å²) in [5.74, 6) is -4.97. The topological polar surface area (TPSA) is 228 Å². The minimum absolute atomic E-state index is 0.114. The van der Waals surface area contributed by atoms with Gasteiger partial charge in [0.2, 0.25) is 17.7 Å². The highest BCUT2D eigenvalue weighted by molar-refractivity contribution is 7.98. The molecule has 178 valence electrons. The smallest absolute Gasteiger partial charge is 0.326 e. The fraction of sp³-hybridized carbons (Fsp3) is 0.706. The van der Waals surface area contributed by atoms with E-state index < -0.39 is 73.0 Å². The van der Waals surface area contributed by atoms with Gasteiger partial charge < -0.3 is 42.1 Å². The van der Waals surface area contributed by atoms with Crippen LogP contribution in [0.25, 0.3) is 0 Å². The first kappa shape index (κ1) is 28.6. The number of amides is 3. The molecule has 0 fully saturated rings. The number of hydrogen-bond donors (Lipinski definition) is 8. The lowest BCUT2D eigenvalue weighted by Crippen LogP contribution is -2.59. The summed E-state index contributed by atoms with van der Waals surface area (Å²) in [4.78, 5) is 59.0. The Balaban J connectivity index is 5.26. The maximum Gasteiger partial charge on any atom is 0.326 e. The summed E-state index contributed by atoms with van der Waals surface area (Å²) >= 11 is 1.37. The monoisotopic (exact) mass is 466 g/mol. The van der Waals surface area contributed by atoms with E-state index in [1.807, 2.05) is 0 Å². The van der Waals surface area contributed by atoms with Gasteiger partial charge in [-0.3, -0.25) is 19.2 Å². The van der Waals surface area contributed by atoms with Gasteiger partial charge in [0.15, 0.2) is 0 Å². The first-order chi connectivity index (χ1) is 14.4. The standard InChI is InChI=1S/C17H30N4O9S/c1-8(23)13(18)16(28)19-9(3-4-12(24)25)14(26)21-11(7-22)15(27)20-10(17(29)30)5-6-31-2/h8-11,13,22-23H,3-7,18H2,1-2H3,(H,19,28)(H,20,27)(H,21,26)(H,24,25)(H,29,30). The number of carboxylic acids is 2. The van der Waals surface area contributed by atoms with Crippen LogP contribution in [0.4, 0.5) is 0 Å². The first-order valence-electron chi connectivity index (χ1n) is 9.33. The fourth-order valence-corrected chi connectivity index (χ4v) is 2.73. The first-order valence-corrected chi connectivity index (χ1v) is 10.7. The van der Waals surface area contributed by atoms with Crippen LogP contribution in [0.2, 0.25) is 0 Å². The molecule has 0 spiro atoms. The van der Waals surface area contributed by atoms with Gasteiger partial charge in [-0.2, -0.15) is 11.8 Å². The Hall–Kier alpha value is -2.42. The average Bonchev–Trinajstić information content (AvgIpc) is 2.70. The van der Waals surface area contributed by atoms with Gasteiger partial charge in [0.25, 0.3) is 0 Å². The molecule has 0 aliphatic heterocycles. The number of rotatable bonds is 15. The largest absolute Gasteiger partial charge is 0.481 e. The minimum Gasteiger partial charge on any atom is -0.481 e. The summed E-state index contributed by atoms with van der Waals surface area (Å²) in [6.07, 6.45) is -0.234. The molecule has 9 N–H and O–H groups in total. The molecule has 14 heteroatoms. The highest BCUT2D eigenvalue weighted by Crippen LogP contribution is 2.03. The van der Waals surface area contributed by atoms with Crippen molar-refractivity contribution in [1.29, 1.82) is 0 Å². The summed E-state index contributed by atoms with van der Waals surface area (Å²) in [6.45, 7) is 0.373. The van der Waals surface area contributed by atoms with Crippen molar-refractivity contribution >= 4 is 41.4 Å². The number of nitrogens with two attached hydrogens (primary N) is 1. The van der Waals surface area contributed by atoms with E-state index in [1.54, 1.807) is 6.26 Å². The predicted octanol–water partition coefficient (Wildman–Crippen LogP) is -3.16. The van der Waals surface area contributed by atoms with E-state index in [-0.39, 0.29) is 12.8 Å². The second-order valence-corrected chi connectivity index (χ2v) is 7.67. The third-order valence-electron chi connectivity index (χ3n) is 4.14. The summed E-state index contributed by atoms with van der Waals surface area (Å²) in [5.41, 5.74) is 5.49. The molecule has 0 aliphatic rings.